The number of phosphoric ester groups is 2. The molecule has 0 radical (unpaired) electrons. The molecular weight excluding hydrogens is 1430 g/mol. The number of unbranched alkanes of at least 4 members (excludes halogenated alkanes) is 24. The van der Waals surface area contributed by atoms with Gasteiger partial charge < -0.3 is 34.2 Å². The number of aliphatic hydroxyl groups excluding tert-OH is 2. The lowest BCUT2D eigenvalue weighted by Crippen LogP contribution is -2.30. The van der Waals surface area contributed by atoms with Crippen LogP contribution in [0.1, 0.15) is 316 Å². The van der Waals surface area contributed by atoms with Crippen molar-refractivity contribution in [3.8, 4) is 0 Å². The summed E-state index contributed by atoms with van der Waals surface area (Å²) in [7, 11) is -9.83. The van der Waals surface area contributed by atoms with Gasteiger partial charge in [-0.15, -0.1) is 0 Å². The minimum atomic E-state index is -4.96. The van der Waals surface area contributed by atoms with Gasteiger partial charge in [0.25, 0.3) is 0 Å². The van der Waals surface area contributed by atoms with Crippen LogP contribution < -0.4 is 0 Å². The van der Waals surface area contributed by atoms with E-state index in [1.54, 1.807) is 0 Å². The van der Waals surface area contributed by atoms with Crippen LogP contribution in [0.3, 0.4) is 0 Å². The fraction of sp³-hybridized carbons (Fsp3) is 0.624. The van der Waals surface area contributed by atoms with Crippen molar-refractivity contribution < 1.29 is 75.8 Å². The Morgan fingerprint density at radius 1 is 0.261 bits per heavy atom. The Hall–Kier alpha value is -5.61. The van der Waals surface area contributed by atoms with Gasteiger partial charge in [0.1, 0.15) is 25.4 Å². The summed E-state index contributed by atoms with van der Waals surface area (Å²) in [6.07, 6.45) is 110. The second-order valence-electron chi connectivity index (χ2n) is 27.9. The number of allylic oxidation sites excluding steroid dienone is 32. The second-order valence-corrected chi connectivity index (χ2v) is 30.8. The highest BCUT2D eigenvalue weighted by molar-refractivity contribution is 7.47. The zero-order valence-corrected chi connectivity index (χ0v) is 70.8. The number of hydrogen-bond acceptors (Lipinski definition) is 14. The van der Waals surface area contributed by atoms with Crippen molar-refractivity contribution in [3.05, 3.63) is 194 Å². The average molecular weight is 1590 g/mol. The largest absolute Gasteiger partial charge is 0.472 e. The molecule has 5 unspecified atom stereocenters. The maximum absolute atomic E-state index is 13.0. The number of rotatable bonds is 79. The predicted octanol–water partition coefficient (Wildman–Crippen LogP) is 25.9. The summed E-state index contributed by atoms with van der Waals surface area (Å²) >= 11 is 0. The lowest BCUT2D eigenvalue weighted by Gasteiger charge is -2.21. The average Bonchev–Trinajstić information content (AvgIpc) is 0.897. The fourth-order valence-electron chi connectivity index (χ4n) is 10.9. The molecule has 0 aromatic heterocycles. The first kappa shape index (κ1) is 105. The normalized spacial score (nSPS) is 14.8. The Balaban J connectivity index is 4.74. The molecule has 0 saturated carbocycles. The van der Waals surface area contributed by atoms with Crippen LogP contribution in [-0.4, -0.2) is 95.9 Å². The molecule has 0 amide bonds. The number of esters is 3. The lowest BCUT2D eigenvalue weighted by atomic mass is 10.1. The maximum Gasteiger partial charge on any atom is 0.472 e. The van der Waals surface area contributed by atoms with Crippen molar-refractivity contribution in [2.75, 3.05) is 39.6 Å². The molecule has 0 aliphatic rings. The molecule has 0 aliphatic heterocycles. The lowest BCUT2D eigenvalue weighted by molar-refractivity contribution is -0.161. The van der Waals surface area contributed by atoms with E-state index < -0.39 is 91.5 Å². The highest BCUT2D eigenvalue weighted by Gasteiger charge is 2.29. The van der Waals surface area contributed by atoms with Crippen LogP contribution >= 0.6 is 15.6 Å². The molecule has 630 valence electrons. The van der Waals surface area contributed by atoms with Gasteiger partial charge in [0.2, 0.25) is 0 Å². The molecule has 111 heavy (non-hydrogen) atoms. The molecule has 16 nitrogen and oxygen atoms in total. The van der Waals surface area contributed by atoms with Crippen molar-refractivity contribution in [1.29, 1.82) is 0 Å². The molecule has 0 heterocycles. The number of carbonyl (C=O) groups is 3. The summed E-state index contributed by atoms with van der Waals surface area (Å²) < 4.78 is 61.3. The van der Waals surface area contributed by atoms with Gasteiger partial charge in [0, 0.05) is 19.3 Å². The topological polar surface area (TPSA) is 231 Å². The first-order valence-electron chi connectivity index (χ1n) is 42.7. The Morgan fingerprint density at radius 3 is 0.757 bits per heavy atom. The Morgan fingerprint density at radius 2 is 0.477 bits per heavy atom. The van der Waals surface area contributed by atoms with Crippen molar-refractivity contribution in [2.45, 2.75) is 334 Å². The smallest absolute Gasteiger partial charge is 0.463 e. The van der Waals surface area contributed by atoms with Gasteiger partial charge in [-0.1, -0.05) is 324 Å². The summed E-state index contributed by atoms with van der Waals surface area (Å²) in [5, 5.41) is 20.7. The summed E-state index contributed by atoms with van der Waals surface area (Å²) in [5.74, 6) is -1.63. The molecule has 5 atom stereocenters. The van der Waals surface area contributed by atoms with Gasteiger partial charge >= 0.3 is 33.6 Å². The summed E-state index contributed by atoms with van der Waals surface area (Å²) in [4.78, 5) is 58.9. The summed E-state index contributed by atoms with van der Waals surface area (Å²) in [6.45, 7) is 2.38. The zero-order chi connectivity index (χ0) is 80.8. The van der Waals surface area contributed by atoms with Crippen LogP contribution in [0.4, 0.5) is 0 Å². The van der Waals surface area contributed by atoms with Crippen LogP contribution in [0, 0.1) is 0 Å². The van der Waals surface area contributed by atoms with E-state index in [1.807, 2.05) is 0 Å². The van der Waals surface area contributed by atoms with Crippen molar-refractivity contribution in [1.82, 2.24) is 0 Å². The monoisotopic (exact) mass is 1590 g/mol. The third-order valence-electron chi connectivity index (χ3n) is 17.3. The van der Waals surface area contributed by atoms with Gasteiger partial charge in [-0.25, -0.2) is 9.13 Å². The van der Waals surface area contributed by atoms with E-state index >= 15 is 0 Å². The molecule has 0 saturated heterocycles. The van der Waals surface area contributed by atoms with Crippen molar-refractivity contribution in [3.63, 3.8) is 0 Å². The molecule has 0 aliphatic carbocycles. The van der Waals surface area contributed by atoms with Crippen LogP contribution in [0.2, 0.25) is 0 Å². The van der Waals surface area contributed by atoms with E-state index in [9.17, 15) is 43.5 Å². The maximum atomic E-state index is 13.0. The van der Waals surface area contributed by atoms with Crippen LogP contribution in [-0.2, 0) is 55.8 Å². The molecular formula is C93H152O16P2. The third-order valence-corrected chi connectivity index (χ3v) is 19.2. The van der Waals surface area contributed by atoms with E-state index in [0.29, 0.717) is 19.3 Å². The molecule has 0 rings (SSSR count). The molecule has 0 spiro atoms. The predicted molar refractivity (Wildman–Crippen MR) is 463 cm³/mol. The van der Waals surface area contributed by atoms with E-state index in [-0.39, 0.29) is 19.3 Å². The van der Waals surface area contributed by atoms with E-state index in [0.717, 1.165) is 186 Å². The van der Waals surface area contributed by atoms with Crippen LogP contribution in [0.25, 0.3) is 0 Å². The fourth-order valence-corrected chi connectivity index (χ4v) is 12.4. The van der Waals surface area contributed by atoms with Crippen molar-refractivity contribution in [2.24, 2.45) is 0 Å². The molecule has 4 N–H and O–H groups in total. The standard InChI is InChI=1S/C93H152O16P2/c1-4-7-10-13-16-19-22-25-28-31-34-37-40-42-43-45-48-49-52-55-58-61-64-67-70-73-76-79-91(96)103-82-88(94)83-105-110(99,100)106-84-89(95)85-107-111(101,102)108-87-90(109-93(98)81-78-75-72-69-66-63-60-57-54-51-46-39-36-33-30-27-24-21-18-15-12-9-6-3)86-104-92(97)80-77-74-71-68-65-62-59-56-53-50-47-44-41-38-35-32-29-26-23-20-17-14-11-8-5-2/h7,9-10,12,16-21,25-30,34-39,42-44,47-49,51,54,60,63,88-90,94-95H,4-6,8,11,13-15,22-24,31-33,40-41,45-46,50,52-53,55-59,61-62,64-87H2,1-3H3,(H,99,100)(H,101,102)/b10-7-,12-9-,19-16-,20-17-,21-18-,28-25-,29-26-,30-27-,37-34-,38-35-,39-36-,43-42-,47-44-,49-48-,54-51-,63-60-. The number of phosphoric acid groups is 2. The van der Waals surface area contributed by atoms with Gasteiger partial charge in [0.05, 0.1) is 26.4 Å². The highest BCUT2D eigenvalue weighted by Crippen LogP contribution is 2.45. The van der Waals surface area contributed by atoms with Gasteiger partial charge in [-0.3, -0.25) is 32.5 Å². The SMILES string of the molecule is CC/C=C\C/C=C\C/C=C\C/C=C\C/C=C\C/C=C\CCCCCCCCCCC(=O)OCC(O)COP(=O)(O)OCC(O)COP(=O)(O)OCC(COC(=O)CCCCCCCCCCC/C=C\C/C=C\C/C=C\C/C=C\CCCCC)OC(=O)CCCCCC/C=C\C/C=C\C/C=C\C/C=C\C/C=C\C/C=C\CC. The Labute approximate surface area is 674 Å². The third kappa shape index (κ3) is 85.1. The molecule has 0 aromatic carbocycles. The van der Waals surface area contributed by atoms with Gasteiger partial charge in [-0.2, -0.15) is 0 Å². The van der Waals surface area contributed by atoms with E-state index in [4.69, 9.17) is 32.3 Å². The highest BCUT2D eigenvalue weighted by atomic mass is 31.2. The minimum absolute atomic E-state index is 0.0656. The summed E-state index contributed by atoms with van der Waals surface area (Å²) in [6, 6.07) is 0. The second kappa shape index (κ2) is 83.8. The molecule has 0 bridgehead atoms. The van der Waals surface area contributed by atoms with E-state index in [2.05, 4.69) is 215 Å². The number of hydrogen-bond donors (Lipinski definition) is 4. The molecule has 18 heteroatoms. The Kier molecular flexibility index (Phi) is 79.6. The Bertz CT molecular complexity index is 2800. The van der Waals surface area contributed by atoms with Gasteiger partial charge in [0.15, 0.2) is 6.10 Å². The van der Waals surface area contributed by atoms with E-state index in [1.165, 1.54) is 70.6 Å². The number of aliphatic hydroxyl groups is 2. The first-order valence-corrected chi connectivity index (χ1v) is 45.7. The molecule has 0 fully saturated rings. The summed E-state index contributed by atoms with van der Waals surface area (Å²) in [5.41, 5.74) is 0. The van der Waals surface area contributed by atoms with Crippen LogP contribution in [0.5, 0.6) is 0 Å². The number of ether oxygens (including phenoxy) is 3. The minimum Gasteiger partial charge on any atom is -0.463 e. The molecule has 0 aromatic rings. The van der Waals surface area contributed by atoms with Gasteiger partial charge in [-0.05, 0) is 167 Å². The van der Waals surface area contributed by atoms with Crippen molar-refractivity contribution >= 4 is 33.6 Å². The zero-order valence-electron chi connectivity index (χ0n) is 69.1. The quantitative estimate of drug-likeness (QED) is 0.0146. The number of carbonyl (C=O) groups excluding carboxylic acids is 3. The van der Waals surface area contributed by atoms with Crippen LogP contribution in [0.15, 0.2) is 194 Å². The first-order chi connectivity index (χ1) is 54.2.